The second-order valence-electron chi connectivity index (χ2n) is 6.60. The predicted octanol–water partition coefficient (Wildman–Crippen LogP) is 8.03. The van der Waals surface area contributed by atoms with Crippen molar-refractivity contribution in [2.75, 3.05) is 0 Å². The van der Waals surface area contributed by atoms with Crippen LogP contribution in [0.4, 0.5) is 0 Å². The van der Waals surface area contributed by atoms with Gasteiger partial charge in [-0.05, 0) is 49.2 Å². The molecule has 0 aliphatic carbocycles. The van der Waals surface area contributed by atoms with Crippen LogP contribution in [0, 0.1) is 36.5 Å². The SMILES string of the molecule is Cc1ccc2sc3c(sc2c1)c(C#N)c(C#N)c1sc2ccc(C)cc2sc13. The lowest BCUT2D eigenvalue weighted by atomic mass is 10.1. The van der Waals surface area contributed by atoms with Crippen molar-refractivity contribution in [3.05, 3.63) is 58.7 Å². The summed E-state index contributed by atoms with van der Waals surface area (Å²) in [6.45, 7) is 4.17. The molecule has 2 heterocycles. The summed E-state index contributed by atoms with van der Waals surface area (Å²) in [5.74, 6) is 0. The Labute approximate surface area is 177 Å². The van der Waals surface area contributed by atoms with Gasteiger partial charge in [0.25, 0.3) is 0 Å². The maximum absolute atomic E-state index is 9.90. The molecule has 0 bridgehead atoms. The van der Waals surface area contributed by atoms with Crippen molar-refractivity contribution in [1.82, 2.24) is 0 Å². The molecule has 0 amide bonds. The Bertz CT molecular complexity index is 1560. The quantitative estimate of drug-likeness (QED) is 0.184. The van der Waals surface area contributed by atoms with Crippen LogP contribution in [0.3, 0.4) is 0 Å². The Morgan fingerprint density at radius 3 is 1.43 bits per heavy atom. The van der Waals surface area contributed by atoms with Crippen LogP contribution in [0.15, 0.2) is 36.4 Å². The highest BCUT2D eigenvalue weighted by Crippen LogP contribution is 2.46. The van der Waals surface area contributed by atoms with Gasteiger partial charge in [-0.1, -0.05) is 12.1 Å². The summed E-state index contributed by atoms with van der Waals surface area (Å²) in [7, 11) is 0. The van der Waals surface area contributed by atoms with Gasteiger partial charge < -0.3 is 0 Å². The van der Waals surface area contributed by atoms with Crippen molar-refractivity contribution >= 4 is 82.9 Å². The molecule has 5 rings (SSSR count). The highest BCUT2D eigenvalue weighted by atomic mass is 32.1. The first-order valence-corrected chi connectivity index (χ1v) is 11.8. The third-order valence-corrected chi connectivity index (χ3v) is 9.96. The number of hydrogen-bond donors (Lipinski definition) is 0. The van der Waals surface area contributed by atoms with Crippen molar-refractivity contribution in [2.24, 2.45) is 0 Å². The summed E-state index contributed by atoms with van der Waals surface area (Å²) in [6.07, 6.45) is 0. The van der Waals surface area contributed by atoms with Crippen molar-refractivity contribution in [1.29, 1.82) is 10.5 Å². The molecule has 0 spiro atoms. The molecule has 0 atom stereocenters. The van der Waals surface area contributed by atoms with Crippen molar-refractivity contribution in [3.8, 4) is 12.1 Å². The van der Waals surface area contributed by atoms with Gasteiger partial charge in [0.2, 0.25) is 0 Å². The first-order chi connectivity index (χ1) is 13.6. The first-order valence-electron chi connectivity index (χ1n) is 8.56. The lowest BCUT2D eigenvalue weighted by Gasteiger charge is -2.10. The summed E-state index contributed by atoms with van der Waals surface area (Å²) in [5, 5.41) is 19.8. The van der Waals surface area contributed by atoms with Gasteiger partial charge in [-0.2, -0.15) is 10.5 Å². The number of aryl methyl sites for hydroxylation is 2. The average molecular weight is 433 g/mol. The van der Waals surface area contributed by atoms with Crippen LogP contribution in [-0.4, -0.2) is 0 Å². The van der Waals surface area contributed by atoms with Gasteiger partial charge in [0.1, 0.15) is 12.1 Å². The summed E-state index contributed by atoms with van der Waals surface area (Å²) < 4.78 is 8.78. The van der Waals surface area contributed by atoms with E-state index in [4.69, 9.17) is 0 Å². The van der Waals surface area contributed by atoms with E-state index in [1.165, 1.54) is 20.5 Å². The number of benzene rings is 3. The van der Waals surface area contributed by atoms with Gasteiger partial charge in [-0.15, -0.1) is 45.3 Å². The van der Waals surface area contributed by atoms with Crippen LogP contribution in [0.1, 0.15) is 22.3 Å². The minimum absolute atomic E-state index is 0.504. The maximum Gasteiger partial charge on any atom is 0.102 e. The smallest absolute Gasteiger partial charge is 0.102 e. The summed E-state index contributed by atoms with van der Waals surface area (Å²) in [6, 6.07) is 17.5. The van der Waals surface area contributed by atoms with E-state index in [-0.39, 0.29) is 0 Å². The number of rotatable bonds is 0. The fourth-order valence-electron chi connectivity index (χ4n) is 3.25. The molecule has 5 aromatic rings. The molecule has 134 valence electrons. The molecule has 0 unspecified atom stereocenters. The second kappa shape index (κ2) is 6.55. The van der Waals surface area contributed by atoms with Crippen LogP contribution < -0.4 is 0 Å². The van der Waals surface area contributed by atoms with Gasteiger partial charge >= 0.3 is 0 Å². The number of hydrogen-bond acceptors (Lipinski definition) is 6. The Kier molecular flexibility index (Phi) is 4.12. The molecule has 0 radical (unpaired) electrons. The fraction of sp³-hybridized carbons (Fsp3) is 0.0909. The standard InChI is InChI=1S/C22H12N2S4/c1-11-4-6-16-17(7-11)27-20-14(10-24)13(9-23)19-22(21(20)26-16)28-18-8-12(2)3-5-15(18)25-19/h3-8H,1-2H3. The van der Waals surface area contributed by atoms with E-state index in [2.05, 4.69) is 62.4 Å². The predicted molar refractivity (Wildman–Crippen MR) is 125 cm³/mol. The van der Waals surface area contributed by atoms with E-state index >= 15 is 0 Å². The summed E-state index contributed by atoms with van der Waals surface area (Å²) in [5.41, 5.74) is 3.43. The summed E-state index contributed by atoms with van der Waals surface area (Å²) in [4.78, 5) is 0. The summed E-state index contributed by atoms with van der Waals surface area (Å²) >= 11 is 6.67. The van der Waals surface area contributed by atoms with E-state index in [9.17, 15) is 10.5 Å². The van der Waals surface area contributed by atoms with Crippen LogP contribution in [-0.2, 0) is 0 Å². The van der Waals surface area contributed by atoms with E-state index < -0.39 is 0 Å². The van der Waals surface area contributed by atoms with Gasteiger partial charge in [0, 0.05) is 18.8 Å². The van der Waals surface area contributed by atoms with Crippen molar-refractivity contribution in [2.45, 2.75) is 13.8 Å². The number of fused-ring (bicyclic) bond motifs is 5. The minimum atomic E-state index is 0.504. The molecule has 0 aliphatic heterocycles. The monoisotopic (exact) mass is 432 g/mol. The van der Waals surface area contributed by atoms with Crippen molar-refractivity contribution < 1.29 is 0 Å². The van der Waals surface area contributed by atoms with E-state index in [0.29, 0.717) is 11.1 Å². The van der Waals surface area contributed by atoms with Crippen LogP contribution >= 0.6 is 45.3 Å². The normalized spacial score (nSPS) is 11.1. The van der Waals surface area contributed by atoms with E-state index in [1.807, 2.05) is 0 Å². The zero-order valence-corrected chi connectivity index (χ0v) is 18.3. The number of nitriles is 2. The highest BCUT2D eigenvalue weighted by Gasteiger charge is 2.18. The molecule has 0 saturated carbocycles. The Morgan fingerprint density at radius 1 is 0.571 bits per heavy atom. The molecule has 2 aromatic heterocycles. The molecule has 6 heteroatoms. The van der Waals surface area contributed by atoms with E-state index in [0.717, 1.165) is 28.2 Å². The zero-order chi connectivity index (χ0) is 19.4. The number of nitrogens with zero attached hydrogens (tertiary/aromatic N) is 2. The average Bonchev–Trinajstić information content (AvgIpc) is 2.70. The lowest BCUT2D eigenvalue weighted by molar-refractivity contribution is 1.48. The molecule has 2 nitrogen and oxygen atoms in total. The van der Waals surface area contributed by atoms with Gasteiger partial charge in [-0.25, -0.2) is 0 Å². The topological polar surface area (TPSA) is 47.6 Å². The van der Waals surface area contributed by atoms with Gasteiger partial charge in [0.15, 0.2) is 0 Å². The third kappa shape index (κ3) is 2.62. The Hall–Kier alpha value is -2.48. The van der Waals surface area contributed by atoms with Crippen LogP contribution in [0.25, 0.3) is 37.6 Å². The molecule has 28 heavy (non-hydrogen) atoms. The maximum atomic E-state index is 9.90. The second-order valence-corrected chi connectivity index (χ2v) is 10.8. The van der Waals surface area contributed by atoms with Gasteiger partial charge in [0.05, 0.1) is 29.9 Å². The lowest BCUT2D eigenvalue weighted by Crippen LogP contribution is -1.88. The molecule has 0 fully saturated rings. The molecule has 0 saturated heterocycles. The largest absolute Gasteiger partial charge is 0.192 e. The molecule has 0 N–H and O–H groups in total. The minimum Gasteiger partial charge on any atom is -0.192 e. The van der Waals surface area contributed by atoms with Gasteiger partial charge in [-0.3, -0.25) is 0 Å². The third-order valence-electron chi connectivity index (χ3n) is 4.59. The fourth-order valence-corrected chi connectivity index (χ4v) is 8.60. The van der Waals surface area contributed by atoms with E-state index in [1.54, 1.807) is 45.3 Å². The highest BCUT2D eigenvalue weighted by molar-refractivity contribution is 7.42. The zero-order valence-electron chi connectivity index (χ0n) is 15.0. The van der Waals surface area contributed by atoms with Crippen molar-refractivity contribution in [3.63, 3.8) is 0 Å². The first kappa shape index (κ1) is 17.6. The Balaban J connectivity index is 2.08. The molecule has 0 aliphatic rings. The van der Waals surface area contributed by atoms with Crippen LogP contribution in [0.2, 0.25) is 0 Å². The Morgan fingerprint density at radius 2 is 0.964 bits per heavy atom. The molecular formula is C22H12N2S4. The van der Waals surface area contributed by atoms with Crippen LogP contribution in [0.5, 0.6) is 0 Å². The molecular weight excluding hydrogens is 421 g/mol. The molecule has 3 aromatic carbocycles.